The number of rotatable bonds is 3. The highest BCUT2D eigenvalue weighted by Crippen LogP contribution is 2.64. The van der Waals surface area contributed by atoms with Crippen LogP contribution in [0.2, 0.25) is 0 Å². The van der Waals surface area contributed by atoms with Crippen LogP contribution < -0.4 is 0 Å². The molecule has 2 nitrogen and oxygen atoms in total. The van der Waals surface area contributed by atoms with Gasteiger partial charge in [0.15, 0.2) is 0 Å². The Bertz CT molecular complexity index is 434. The lowest BCUT2D eigenvalue weighted by Crippen LogP contribution is -2.03. The molecule has 2 atom stereocenters. The number of benzene rings is 1. The van der Waals surface area contributed by atoms with Crippen molar-refractivity contribution in [1.29, 1.82) is 0 Å². The molecule has 2 rings (SSSR count). The highest BCUT2D eigenvalue weighted by molar-refractivity contribution is 5.85. The molecular formula is C15H21ClO2. The zero-order chi connectivity index (χ0) is 12.8. The van der Waals surface area contributed by atoms with E-state index in [1.54, 1.807) is 0 Å². The Hall–Kier alpha value is -1.02. The van der Waals surface area contributed by atoms with Gasteiger partial charge < -0.3 is 5.11 Å². The molecule has 0 unspecified atom stereocenters. The highest BCUT2D eigenvalue weighted by atomic mass is 35.5. The van der Waals surface area contributed by atoms with Crippen molar-refractivity contribution in [2.24, 2.45) is 11.3 Å². The Morgan fingerprint density at radius 2 is 1.72 bits per heavy atom. The monoisotopic (exact) mass is 268 g/mol. The summed E-state index contributed by atoms with van der Waals surface area (Å²) in [5, 5.41) is 9.16. The molecule has 0 radical (unpaired) electrons. The number of hydrogen-bond acceptors (Lipinski definition) is 1. The van der Waals surface area contributed by atoms with Gasteiger partial charge in [0.2, 0.25) is 0 Å². The smallest absolute Gasteiger partial charge is 0.307 e. The fraction of sp³-hybridized carbons (Fsp3) is 0.533. The minimum Gasteiger partial charge on any atom is -0.481 e. The van der Waals surface area contributed by atoms with Crippen LogP contribution in [0.4, 0.5) is 0 Å². The summed E-state index contributed by atoms with van der Waals surface area (Å²) in [7, 11) is 0. The molecule has 0 heterocycles. The van der Waals surface area contributed by atoms with Gasteiger partial charge in [-0.3, -0.25) is 4.79 Å². The molecule has 1 aromatic carbocycles. The van der Waals surface area contributed by atoms with E-state index in [0.717, 1.165) is 5.56 Å². The largest absolute Gasteiger partial charge is 0.481 e. The van der Waals surface area contributed by atoms with Crippen molar-refractivity contribution in [3.63, 3.8) is 0 Å². The molecule has 0 amide bonds. The second-order valence-electron chi connectivity index (χ2n) is 5.94. The maximum atomic E-state index is 11.1. The minimum absolute atomic E-state index is 0. The number of carboxylic acids is 1. The van der Waals surface area contributed by atoms with Crippen molar-refractivity contribution in [3.8, 4) is 0 Å². The molecule has 0 aromatic heterocycles. The van der Waals surface area contributed by atoms with E-state index in [0.29, 0.717) is 5.92 Å². The van der Waals surface area contributed by atoms with Crippen molar-refractivity contribution in [2.45, 2.75) is 39.5 Å². The summed E-state index contributed by atoms with van der Waals surface area (Å²) in [4.78, 5) is 11.1. The average Bonchev–Trinajstić information content (AvgIpc) is 2.82. The SMILES string of the molecule is CC(C)c1ccc([C@H]2[C@H](C(=O)O)C2(C)C)cc1.Cl. The first kappa shape index (κ1) is 15.0. The molecule has 1 N–H and O–H groups in total. The van der Waals surface area contributed by atoms with Crippen LogP contribution in [0.15, 0.2) is 24.3 Å². The molecule has 0 aliphatic heterocycles. The minimum atomic E-state index is -0.673. The third-order valence-electron chi connectivity index (χ3n) is 4.06. The Labute approximate surface area is 115 Å². The Balaban J connectivity index is 0.00000162. The van der Waals surface area contributed by atoms with Crippen molar-refractivity contribution in [2.75, 3.05) is 0 Å². The predicted molar refractivity (Wildman–Crippen MR) is 75.4 cm³/mol. The summed E-state index contributed by atoms with van der Waals surface area (Å²) >= 11 is 0. The molecule has 1 fully saturated rings. The fourth-order valence-corrected chi connectivity index (χ4v) is 2.81. The second-order valence-corrected chi connectivity index (χ2v) is 5.94. The van der Waals surface area contributed by atoms with Gasteiger partial charge in [-0.25, -0.2) is 0 Å². The number of carboxylic acid groups (broad SMARTS) is 1. The lowest BCUT2D eigenvalue weighted by molar-refractivity contribution is -0.139. The first-order valence-electron chi connectivity index (χ1n) is 6.18. The summed E-state index contributed by atoms with van der Waals surface area (Å²) in [6.45, 7) is 8.39. The second kappa shape index (κ2) is 4.93. The molecule has 0 saturated heterocycles. The van der Waals surface area contributed by atoms with Gasteiger partial charge in [0.1, 0.15) is 0 Å². The third-order valence-corrected chi connectivity index (χ3v) is 4.06. The molecule has 3 heteroatoms. The van der Waals surface area contributed by atoms with E-state index in [9.17, 15) is 4.79 Å². The summed E-state index contributed by atoms with van der Waals surface area (Å²) in [6, 6.07) is 8.41. The Morgan fingerprint density at radius 3 is 2.06 bits per heavy atom. The summed E-state index contributed by atoms with van der Waals surface area (Å²) < 4.78 is 0. The molecule has 1 saturated carbocycles. The summed E-state index contributed by atoms with van der Waals surface area (Å²) in [5.41, 5.74) is 2.36. The van der Waals surface area contributed by atoms with Crippen LogP contribution in [0.3, 0.4) is 0 Å². The standard InChI is InChI=1S/C15H20O2.ClH/c1-9(2)10-5-7-11(8-6-10)12-13(14(16)17)15(12,3)4;/h5-9,12-13H,1-4H3,(H,16,17);1H/t12-,13+;/m0./s1. The first-order chi connectivity index (χ1) is 7.85. The van der Waals surface area contributed by atoms with Crippen molar-refractivity contribution < 1.29 is 9.90 Å². The predicted octanol–water partition coefficient (Wildman–Crippen LogP) is 4.06. The van der Waals surface area contributed by atoms with E-state index in [-0.39, 0.29) is 29.7 Å². The summed E-state index contributed by atoms with van der Waals surface area (Å²) in [5.74, 6) is -0.215. The van der Waals surface area contributed by atoms with Crippen LogP contribution in [0.5, 0.6) is 0 Å². The molecule has 0 bridgehead atoms. The van der Waals surface area contributed by atoms with Gasteiger partial charge in [-0.1, -0.05) is 52.0 Å². The van der Waals surface area contributed by atoms with Gasteiger partial charge in [0.05, 0.1) is 5.92 Å². The maximum Gasteiger partial charge on any atom is 0.307 e. The zero-order valence-electron chi connectivity index (χ0n) is 11.3. The average molecular weight is 269 g/mol. The van der Waals surface area contributed by atoms with Gasteiger partial charge in [-0.2, -0.15) is 0 Å². The van der Waals surface area contributed by atoms with Crippen LogP contribution >= 0.6 is 12.4 Å². The van der Waals surface area contributed by atoms with Gasteiger partial charge in [-0.15, -0.1) is 12.4 Å². The van der Waals surface area contributed by atoms with Crippen molar-refractivity contribution in [1.82, 2.24) is 0 Å². The van der Waals surface area contributed by atoms with Crippen LogP contribution in [-0.2, 0) is 4.79 Å². The normalized spacial score (nSPS) is 24.5. The van der Waals surface area contributed by atoms with Gasteiger partial charge in [-0.05, 0) is 22.5 Å². The van der Waals surface area contributed by atoms with Crippen LogP contribution in [0.25, 0.3) is 0 Å². The third kappa shape index (κ3) is 2.39. The first-order valence-corrected chi connectivity index (χ1v) is 6.18. The van der Waals surface area contributed by atoms with E-state index >= 15 is 0 Å². The number of aliphatic carboxylic acids is 1. The molecule has 0 spiro atoms. The number of halogens is 1. The number of hydrogen-bond donors (Lipinski definition) is 1. The van der Waals surface area contributed by atoms with Crippen LogP contribution in [0.1, 0.15) is 50.7 Å². The molecule has 18 heavy (non-hydrogen) atoms. The van der Waals surface area contributed by atoms with E-state index in [1.807, 2.05) is 13.8 Å². The Kier molecular flexibility index (Phi) is 4.12. The zero-order valence-corrected chi connectivity index (χ0v) is 12.1. The van der Waals surface area contributed by atoms with Gasteiger partial charge in [0.25, 0.3) is 0 Å². The van der Waals surface area contributed by atoms with Gasteiger partial charge >= 0.3 is 5.97 Å². The van der Waals surface area contributed by atoms with Crippen molar-refractivity contribution in [3.05, 3.63) is 35.4 Å². The lowest BCUT2D eigenvalue weighted by Gasteiger charge is -2.07. The topological polar surface area (TPSA) is 37.3 Å². The molecule has 1 aliphatic rings. The maximum absolute atomic E-state index is 11.1. The van der Waals surface area contributed by atoms with Gasteiger partial charge in [0, 0.05) is 5.92 Å². The highest BCUT2D eigenvalue weighted by Gasteiger charge is 2.62. The summed E-state index contributed by atoms with van der Waals surface area (Å²) in [6.07, 6.45) is 0. The van der Waals surface area contributed by atoms with E-state index in [1.165, 1.54) is 5.56 Å². The van der Waals surface area contributed by atoms with E-state index in [2.05, 4.69) is 38.1 Å². The number of carbonyl (C=O) groups is 1. The molecule has 1 aliphatic carbocycles. The van der Waals surface area contributed by atoms with E-state index < -0.39 is 5.97 Å². The lowest BCUT2D eigenvalue weighted by atomic mass is 9.98. The molecule has 100 valence electrons. The quantitative estimate of drug-likeness (QED) is 0.898. The Morgan fingerprint density at radius 1 is 1.22 bits per heavy atom. The van der Waals surface area contributed by atoms with Crippen molar-refractivity contribution >= 4 is 18.4 Å². The van der Waals surface area contributed by atoms with E-state index in [4.69, 9.17) is 5.11 Å². The molecule has 1 aromatic rings. The van der Waals surface area contributed by atoms with Crippen LogP contribution in [0, 0.1) is 11.3 Å². The van der Waals surface area contributed by atoms with Crippen LogP contribution in [-0.4, -0.2) is 11.1 Å². The molecular weight excluding hydrogens is 248 g/mol. The fourth-order valence-electron chi connectivity index (χ4n) is 2.81.